The molecule has 1 aliphatic heterocycles. The molecule has 2 N–H and O–H groups in total. The molecule has 2 aromatic rings. The Morgan fingerprint density at radius 1 is 1.50 bits per heavy atom. The van der Waals surface area contributed by atoms with E-state index in [0.717, 1.165) is 23.7 Å². The second-order valence-corrected chi connectivity index (χ2v) is 5.56. The number of carbonyl (C=O) groups excluding carboxylic acids is 1. The fraction of sp³-hybridized carbons (Fsp3) is 0.417. The van der Waals surface area contributed by atoms with Crippen LogP contribution in [0.3, 0.4) is 0 Å². The van der Waals surface area contributed by atoms with Gasteiger partial charge in [-0.05, 0) is 6.07 Å². The maximum Gasteiger partial charge on any atom is 0.227 e. The van der Waals surface area contributed by atoms with E-state index in [1.807, 2.05) is 11.8 Å². The molecule has 0 radical (unpaired) electrons. The highest BCUT2D eigenvalue weighted by atomic mass is 35.5. The maximum absolute atomic E-state index is 12.0. The van der Waals surface area contributed by atoms with Crippen LogP contribution >= 0.6 is 24.2 Å². The zero-order valence-corrected chi connectivity index (χ0v) is 12.4. The number of hydrogen-bond acceptors (Lipinski definition) is 5. The van der Waals surface area contributed by atoms with Gasteiger partial charge in [0.05, 0.1) is 6.20 Å². The van der Waals surface area contributed by atoms with Crippen molar-refractivity contribution < 1.29 is 4.79 Å². The number of hydrogen-bond donors (Lipinski definition) is 2. The average Bonchev–Trinajstić information content (AvgIpc) is 2.89. The molecule has 2 aromatic heterocycles. The van der Waals surface area contributed by atoms with Crippen LogP contribution in [0.15, 0.2) is 24.5 Å². The number of aromatic nitrogens is 3. The van der Waals surface area contributed by atoms with Crippen LogP contribution in [-0.4, -0.2) is 44.6 Å². The van der Waals surface area contributed by atoms with Gasteiger partial charge in [0.1, 0.15) is 5.82 Å². The van der Waals surface area contributed by atoms with Crippen molar-refractivity contribution >= 4 is 41.5 Å². The largest absolute Gasteiger partial charge is 0.312 e. The van der Waals surface area contributed by atoms with Crippen LogP contribution in [0, 0.1) is 0 Å². The Balaban J connectivity index is 0.00000147. The topological polar surface area (TPSA) is 71.3 Å². The summed E-state index contributed by atoms with van der Waals surface area (Å²) in [4.78, 5) is 16.2. The van der Waals surface area contributed by atoms with Crippen LogP contribution in [0.25, 0.3) is 5.65 Å². The summed E-state index contributed by atoms with van der Waals surface area (Å²) in [6.45, 7) is 0.973. The minimum atomic E-state index is 0. The molecule has 1 atom stereocenters. The van der Waals surface area contributed by atoms with Crippen LogP contribution in [0.1, 0.15) is 6.42 Å². The molecule has 0 bridgehead atoms. The number of anilines is 1. The Morgan fingerprint density at radius 3 is 3.20 bits per heavy atom. The monoisotopic (exact) mass is 313 g/mol. The van der Waals surface area contributed by atoms with Gasteiger partial charge in [0.25, 0.3) is 0 Å². The second-order valence-electron chi connectivity index (χ2n) is 4.41. The summed E-state index contributed by atoms with van der Waals surface area (Å²) in [5.74, 6) is 2.77. The minimum absolute atomic E-state index is 0. The van der Waals surface area contributed by atoms with E-state index in [0.29, 0.717) is 12.2 Å². The fourth-order valence-electron chi connectivity index (χ4n) is 2.10. The number of halogens is 1. The Kier molecular flexibility index (Phi) is 5.22. The van der Waals surface area contributed by atoms with Gasteiger partial charge >= 0.3 is 0 Å². The van der Waals surface area contributed by atoms with Gasteiger partial charge < -0.3 is 10.6 Å². The van der Waals surface area contributed by atoms with Crippen molar-refractivity contribution in [3.05, 3.63) is 24.5 Å². The molecule has 1 aliphatic rings. The number of carbonyl (C=O) groups is 1. The van der Waals surface area contributed by atoms with Crippen molar-refractivity contribution in [3.8, 4) is 0 Å². The van der Waals surface area contributed by atoms with Crippen molar-refractivity contribution in [3.63, 3.8) is 0 Å². The number of amides is 1. The third-order valence-corrected chi connectivity index (χ3v) is 4.12. The first-order valence-electron chi connectivity index (χ1n) is 6.22. The highest BCUT2D eigenvalue weighted by Gasteiger charge is 2.17. The molecule has 6 nitrogen and oxygen atoms in total. The number of thioether (sulfide) groups is 1. The predicted molar refractivity (Wildman–Crippen MR) is 82.6 cm³/mol. The van der Waals surface area contributed by atoms with Gasteiger partial charge in [-0.3, -0.25) is 4.79 Å². The van der Waals surface area contributed by atoms with Gasteiger partial charge in [0.2, 0.25) is 5.91 Å². The molecule has 1 unspecified atom stereocenters. The van der Waals surface area contributed by atoms with Gasteiger partial charge in [-0.15, -0.1) is 12.4 Å². The molecule has 8 heteroatoms. The van der Waals surface area contributed by atoms with E-state index in [-0.39, 0.29) is 24.4 Å². The summed E-state index contributed by atoms with van der Waals surface area (Å²) in [6.07, 6.45) is 3.82. The van der Waals surface area contributed by atoms with Crippen molar-refractivity contribution in [2.45, 2.75) is 12.5 Å². The Labute approximate surface area is 127 Å². The molecule has 3 heterocycles. The molecule has 1 fully saturated rings. The van der Waals surface area contributed by atoms with E-state index in [2.05, 4.69) is 20.7 Å². The van der Waals surface area contributed by atoms with E-state index in [4.69, 9.17) is 0 Å². The van der Waals surface area contributed by atoms with Gasteiger partial charge in [-0.25, -0.2) is 4.98 Å². The third kappa shape index (κ3) is 3.41. The predicted octanol–water partition coefficient (Wildman–Crippen LogP) is 1.18. The molecule has 3 rings (SSSR count). The van der Waals surface area contributed by atoms with Gasteiger partial charge in [-0.1, -0.05) is 0 Å². The fourth-order valence-corrected chi connectivity index (χ4v) is 3.05. The molecule has 1 saturated heterocycles. The zero-order valence-electron chi connectivity index (χ0n) is 10.8. The van der Waals surface area contributed by atoms with E-state index in [1.54, 1.807) is 29.0 Å². The molecule has 0 spiro atoms. The first-order chi connectivity index (χ1) is 9.33. The Morgan fingerprint density at radius 2 is 2.40 bits per heavy atom. The SMILES string of the molecule is Cl.O=C(CC1CSCCN1)Nc1ccnc2ccnn12. The van der Waals surface area contributed by atoms with Gasteiger partial charge in [-0.2, -0.15) is 21.4 Å². The number of fused-ring (bicyclic) bond motifs is 1. The highest BCUT2D eigenvalue weighted by molar-refractivity contribution is 7.99. The Hall–Kier alpha value is -1.31. The lowest BCUT2D eigenvalue weighted by Crippen LogP contribution is -2.40. The zero-order chi connectivity index (χ0) is 13.1. The average molecular weight is 314 g/mol. The normalized spacial score (nSPS) is 18.5. The van der Waals surface area contributed by atoms with Crippen LogP contribution in [0.5, 0.6) is 0 Å². The van der Waals surface area contributed by atoms with Crippen molar-refractivity contribution in [1.82, 2.24) is 19.9 Å². The lowest BCUT2D eigenvalue weighted by molar-refractivity contribution is -0.116. The van der Waals surface area contributed by atoms with Crippen LogP contribution in [0.2, 0.25) is 0 Å². The lowest BCUT2D eigenvalue weighted by Gasteiger charge is -2.22. The smallest absolute Gasteiger partial charge is 0.227 e. The molecule has 0 saturated carbocycles. The summed E-state index contributed by atoms with van der Waals surface area (Å²) in [5.41, 5.74) is 0.726. The highest BCUT2D eigenvalue weighted by Crippen LogP contribution is 2.12. The lowest BCUT2D eigenvalue weighted by atomic mass is 10.2. The van der Waals surface area contributed by atoms with E-state index in [9.17, 15) is 4.79 Å². The second kappa shape index (κ2) is 6.92. The number of nitrogens with zero attached hydrogens (tertiary/aromatic N) is 3. The summed E-state index contributed by atoms with van der Waals surface area (Å²) >= 11 is 1.89. The standard InChI is InChI=1S/C12H15N5OS.ClH/c18-12(7-9-8-19-6-5-13-9)16-11-1-3-14-10-2-4-15-17(10)11;/h1-4,9,13H,5-8H2,(H,16,18);1H. The molecule has 20 heavy (non-hydrogen) atoms. The van der Waals surface area contributed by atoms with Crippen molar-refractivity contribution in [1.29, 1.82) is 0 Å². The van der Waals surface area contributed by atoms with Crippen LogP contribution in [0.4, 0.5) is 5.82 Å². The van der Waals surface area contributed by atoms with Crippen LogP contribution in [-0.2, 0) is 4.79 Å². The summed E-state index contributed by atoms with van der Waals surface area (Å²) in [6, 6.07) is 3.81. The maximum atomic E-state index is 12.0. The minimum Gasteiger partial charge on any atom is -0.312 e. The van der Waals surface area contributed by atoms with E-state index >= 15 is 0 Å². The molecule has 0 aromatic carbocycles. The van der Waals surface area contributed by atoms with E-state index < -0.39 is 0 Å². The molecule has 0 aliphatic carbocycles. The molecular formula is C12H16ClN5OS. The first kappa shape index (κ1) is 15.1. The summed E-state index contributed by atoms with van der Waals surface area (Å²) in [7, 11) is 0. The van der Waals surface area contributed by atoms with E-state index in [1.165, 1.54) is 0 Å². The van der Waals surface area contributed by atoms with Gasteiger partial charge in [0, 0.05) is 42.8 Å². The summed E-state index contributed by atoms with van der Waals surface area (Å²) < 4.78 is 1.63. The first-order valence-corrected chi connectivity index (χ1v) is 7.38. The molecule has 1 amide bonds. The Bertz CT molecular complexity index is 584. The summed E-state index contributed by atoms with van der Waals surface area (Å²) in [5, 5.41) is 10.4. The van der Waals surface area contributed by atoms with Crippen molar-refractivity contribution in [2.24, 2.45) is 0 Å². The number of nitrogens with one attached hydrogen (secondary N) is 2. The quantitative estimate of drug-likeness (QED) is 0.890. The number of rotatable bonds is 3. The third-order valence-electron chi connectivity index (χ3n) is 2.99. The van der Waals surface area contributed by atoms with Crippen LogP contribution < -0.4 is 10.6 Å². The van der Waals surface area contributed by atoms with Gasteiger partial charge in [0.15, 0.2) is 5.65 Å². The molecule has 108 valence electrons. The molecular weight excluding hydrogens is 298 g/mol. The van der Waals surface area contributed by atoms with Crippen molar-refractivity contribution in [2.75, 3.05) is 23.4 Å².